The van der Waals surface area contributed by atoms with Crippen LogP contribution in [0.4, 0.5) is 19.1 Å². The zero-order valence-electron chi connectivity index (χ0n) is 26.6. The maximum atomic E-state index is 13.5. The lowest BCUT2D eigenvalue weighted by atomic mass is 10.2. The molecule has 3 aromatic heterocycles. The summed E-state index contributed by atoms with van der Waals surface area (Å²) in [6, 6.07) is 9.97. The van der Waals surface area contributed by atoms with Crippen molar-refractivity contribution in [2.45, 2.75) is 57.4 Å². The summed E-state index contributed by atoms with van der Waals surface area (Å²) >= 11 is 1.90. The summed E-state index contributed by atoms with van der Waals surface area (Å²) in [4.78, 5) is 24.8. The number of rotatable bonds is 12. The first-order chi connectivity index (χ1) is 21.8. The number of benzene rings is 1. The molecule has 4 rings (SSSR count). The lowest BCUT2D eigenvalue weighted by Crippen LogP contribution is -2.41. The molecule has 0 spiro atoms. The minimum atomic E-state index is -5.22. The number of hydrogen-bond donors (Lipinski definition) is 0. The van der Waals surface area contributed by atoms with Crippen molar-refractivity contribution in [3.63, 3.8) is 0 Å². The molecule has 0 fully saturated rings. The van der Waals surface area contributed by atoms with Crippen LogP contribution >= 0.6 is 22.6 Å². The third-order valence-electron chi connectivity index (χ3n) is 7.65. The second-order valence-corrected chi connectivity index (χ2v) is 20.0. The molecule has 0 aliphatic rings. The molecule has 0 unspecified atom stereocenters. The van der Waals surface area contributed by atoms with E-state index in [0.29, 0.717) is 21.5 Å². The largest absolute Gasteiger partial charge is 0.489 e. The van der Waals surface area contributed by atoms with Gasteiger partial charge in [0.2, 0.25) is 16.0 Å². The average molecular weight is 806 g/mol. The highest BCUT2D eigenvalue weighted by molar-refractivity contribution is 14.1. The van der Waals surface area contributed by atoms with Crippen molar-refractivity contribution in [3.8, 4) is 11.5 Å². The van der Waals surface area contributed by atoms with Crippen molar-refractivity contribution in [2.75, 3.05) is 25.2 Å². The Morgan fingerprint density at radius 1 is 1.02 bits per heavy atom. The SMILES string of the molecule is CN(C(=O)C(F)(F)F)c1nc(COc2cncc(OCCO[Si](C)(C)C(C)(C)C)c2)c2c(I)cn(S(=O)(=O)Cc3ccccc3)c2n1. The number of aromatic nitrogens is 4. The predicted molar refractivity (Wildman–Crippen MR) is 181 cm³/mol. The Morgan fingerprint density at radius 3 is 2.28 bits per heavy atom. The Morgan fingerprint density at radius 2 is 1.66 bits per heavy atom. The zero-order valence-corrected chi connectivity index (χ0v) is 30.6. The zero-order chi connectivity index (χ0) is 34.8. The van der Waals surface area contributed by atoms with E-state index in [9.17, 15) is 26.4 Å². The monoisotopic (exact) mass is 805 g/mol. The first kappa shape index (κ1) is 36.5. The number of ether oxygens (including phenoxy) is 2. The van der Waals surface area contributed by atoms with E-state index in [2.05, 4.69) is 48.8 Å². The summed E-state index contributed by atoms with van der Waals surface area (Å²) in [6.45, 7) is 11.1. The Hall–Kier alpha value is -3.29. The minimum absolute atomic E-state index is 0.0499. The fourth-order valence-electron chi connectivity index (χ4n) is 4.10. The van der Waals surface area contributed by atoms with Crippen molar-refractivity contribution in [2.24, 2.45) is 0 Å². The third kappa shape index (κ3) is 8.79. The maximum Gasteiger partial charge on any atom is 0.471 e. The van der Waals surface area contributed by atoms with E-state index in [0.717, 1.165) is 11.0 Å². The number of fused-ring (bicyclic) bond motifs is 1. The summed E-state index contributed by atoms with van der Waals surface area (Å²) < 4.78 is 86.2. The second-order valence-electron chi connectivity index (χ2n) is 12.1. The van der Waals surface area contributed by atoms with E-state index in [1.54, 1.807) is 36.4 Å². The van der Waals surface area contributed by atoms with Crippen molar-refractivity contribution >= 4 is 63.8 Å². The molecule has 1 aromatic carbocycles. The van der Waals surface area contributed by atoms with Crippen LogP contribution in [-0.4, -0.2) is 68.0 Å². The van der Waals surface area contributed by atoms with Crippen molar-refractivity contribution in [1.82, 2.24) is 18.9 Å². The molecule has 3 heterocycles. The number of nitrogens with zero attached hydrogens (tertiary/aromatic N) is 5. The number of amides is 1. The van der Waals surface area contributed by atoms with Gasteiger partial charge < -0.3 is 13.9 Å². The lowest BCUT2D eigenvalue weighted by Gasteiger charge is -2.36. The van der Waals surface area contributed by atoms with Crippen LogP contribution in [0.1, 0.15) is 32.0 Å². The molecule has 0 saturated carbocycles. The van der Waals surface area contributed by atoms with Gasteiger partial charge in [0.1, 0.15) is 24.7 Å². The highest BCUT2D eigenvalue weighted by Gasteiger charge is 2.43. The molecule has 0 bridgehead atoms. The fraction of sp³-hybridized carbons (Fsp3) is 0.400. The van der Waals surface area contributed by atoms with E-state index in [1.165, 1.54) is 18.6 Å². The van der Waals surface area contributed by atoms with Gasteiger partial charge in [0.05, 0.1) is 35.8 Å². The van der Waals surface area contributed by atoms with Crippen LogP contribution < -0.4 is 14.4 Å². The highest BCUT2D eigenvalue weighted by atomic mass is 127. The minimum Gasteiger partial charge on any atom is -0.489 e. The molecule has 11 nitrogen and oxygen atoms in total. The molecule has 47 heavy (non-hydrogen) atoms. The summed E-state index contributed by atoms with van der Waals surface area (Å²) in [6.07, 6.45) is -1.00. The molecule has 17 heteroatoms. The number of alkyl halides is 3. The van der Waals surface area contributed by atoms with Crippen molar-refractivity contribution in [3.05, 3.63) is 69.8 Å². The average Bonchev–Trinajstić information content (AvgIpc) is 3.34. The van der Waals surface area contributed by atoms with Gasteiger partial charge in [-0.25, -0.2) is 17.4 Å². The maximum absolute atomic E-state index is 13.5. The van der Waals surface area contributed by atoms with E-state index in [4.69, 9.17) is 13.9 Å². The smallest absolute Gasteiger partial charge is 0.471 e. The Labute approximate surface area is 285 Å². The van der Waals surface area contributed by atoms with Crippen LogP contribution in [0.3, 0.4) is 0 Å². The molecule has 0 aliphatic carbocycles. The van der Waals surface area contributed by atoms with Gasteiger partial charge >= 0.3 is 12.1 Å². The van der Waals surface area contributed by atoms with Crippen molar-refractivity contribution < 1.29 is 40.3 Å². The molecule has 4 aromatic rings. The molecule has 0 saturated heterocycles. The van der Waals surface area contributed by atoms with Crippen LogP contribution in [0.2, 0.25) is 18.1 Å². The van der Waals surface area contributed by atoms with Gasteiger partial charge in [-0.05, 0) is 46.3 Å². The van der Waals surface area contributed by atoms with Crippen molar-refractivity contribution in [1.29, 1.82) is 0 Å². The molecule has 0 N–H and O–H groups in total. The van der Waals surface area contributed by atoms with Crippen LogP contribution in [0.25, 0.3) is 11.0 Å². The Balaban J connectivity index is 1.63. The van der Waals surface area contributed by atoms with Crippen LogP contribution in [0.15, 0.2) is 55.0 Å². The van der Waals surface area contributed by atoms with Gasteiger partial charge in [0, 0.05) is 22.9 Å². The summed E-state index contributed by atoms with van der Waals surface area (Å²) in [5, 5.41) is 0.288. The number of carbonyl (C=O) groups is 1. The van der Waals surface area contributed by atoms with Crippen LogP contribution in [0.5, 0.6) is 11.5 Å². The highest BCUT2D eigenvalue weighted by Crippen LogP contribution is 2.36. The van der Waals surface area contributed by atoms with Crippen LogP contribution in [-0.2, 0) is 31.6 Å². The number of anilines is 1. The molecule has 0 atom stereocenters. The lowest BCUT2D eigenvalue weighted by molar-refractivity contribution is -0.170. The molecule has 0 radical (unpaired) electrons. The Kier molecular flexibility index (Phi) is 10.9. The van der Waals surface area contributed by atoms with Gasteiger partial charge in [0.15, 0.2) is 14.0 Å². The molecule has 1 amide bonds. The number of hydrogen-bond acceptors (Lipinski definition) is 9. The molecular weight excluding hydrogens is 770 g/mol. The summed E-state index contributed by atoms with van der Waals surface area (Å²) in [5.41, 5.74) is 0.347. The summed E-state index contributed by atoms with van der Waals surface area (Å²) in [5.74, 6) is -2.63. The van der Waals surface area contributed by atoms with Gasteiger partial charge in [-0.3, -0.25) is 14.7 Å². The van der Waals surface area contributed by atoms with Gasteiger partial charge in [-0.1, -0.05) is 51.1 Å². The number of pyridine rings is 1. The van der Waals surface area contributed by atoms with E-state index < -0.39 is 42.1 Å². The quantitative estimate of drug-likeness (QED) is 0.0920. The van der Waals surface area contributed by atoms with Crippen LogP contribution in [0, 0.1) is 3.57 Å². The van der Waals surface area contributed by atoms with E-state index in [-0.39, 0.29) is 45.6 Å². The van der Waals surface area contributed by atoms with E-state index >= 15 is 0 Å². The standard InChI is InChI=1S/C30H35F3IN5O6SSi/c1-29(2,3)47(5,6)45-13-12-43-21-14-22(16-35-15-21)44-18-24-25-23(34)17-39(46(41,42)19-20-10-8-7-9-11-20)26(25)37-28(36-24)38(4)27(40)30(31,32)33/h7-11,14-17H,12-13,18-19H2,1-6H3. The first-order valence-electron chi connectivity index (χ1n) is 14.3. The topological polar surface area (TPSA) is 126 Å². The fourth-order valence-corrected chi connectivity index (χ4v) is 7.56. The summed E-state index contributed by atoms with van der Waals surface area (Å²) in [7, 11) is -5.20. The predicted octanol–water partition coefficient (Wildman–Crippen LogP) is 6.31. The number of carbonyl (C=O) groups excluding carboxylic acids is 1. The normalized spacial score (nSPS) is 12.7. The molecule has 254 valence electrons. The number of halogens is 4. The van der Waals surface area contributed by atoms with E-state index in [1.807, 2.05) is 22.6 Å². The van der Waals surface area contributed by atoms with Gasteiger partial charge in [-0.15, -0.1) is 0 Å². The Bertz CT molecular complexity index is 1850. The first-order valence-corrected chi connectivity index (χ1v) is 19.9. The second kappa shape index (κ2) is 14.1. The van der Waals surface area contributed by atoms with Gasteiger partial charge in [-0.2, -0.15) is 18.2 Å². The third-order valence-corrected chi connectivity index (χ3v) is 14.6. The molecular formula is C30H35F3IN5O6SSi. The van der Waals surface area contributed by atoms with Gasteiger partial charge in [0.25, 0.3) is 0 Å². The molecule has 0 aliphatic heterocycles.